The van der Waals surface area contributed by atoms with Crippen LogP contribution in [0.5, 0.6) is 0 Å². The lowest BCUT2D eigenvalue weighted by Gasteiger charge is -1.99. The maximum atomic E-state index is 12.8. The normalized spacial score (nSPS) is 9.18. The van der Waals surface area contributed by atoms with Gasteiger partial charge in [-0.3, -0.25) is 0 Å². The number of hydrogen-bond donors (Lipinski definition) is 0. The average Bonchev–Trinajstić information content (AvgIpc) is 1.99. The van der Waals surface area contributed by atoms with Gasteiger partial charge in [0.05, 0.1) is 0 Å². The molecule has 0 aliphatic carbocycles. The summed E-state index contributed by atoms with van der Waals surface area (Å²) in [4.78, 5) is 0.688. The van der Waals surface area contributed by atoms with Crippen molar-refractivity contribution < 1.29 is 4.39 Å². The van der Waals surface area contributed by atoms with Gasteiger partial charge in [0.2, 0.25) is 0 Å². The monoisotopic (exact) mass is 167 g/mol. The lowest BCUT2D eigenvalue weighted by atomic mass is 10.2. The standard InChI is InChI=1S/C8H6FNS/c1-6-7(9)3-2-4-8(6)11-5-10/h2-4H,1H3. The summed E-state index contributed by atoms with van der Waals surface area (Å²) in [5, 5.41) is 10.2. The van der Waals surface area contributed by atoms with Gasteiger partial charge in [-0.1, -0.05) is 6.07 Å². The molecule has 0 saturated carbocycles. The van der Waals surface area contributed by atoms with E-state index in [0.717, 1.165) is 11.8 Å². The summed E-state index contributed by atoms with van der Waals surface area (Å²) in [6.45, 7) is 1.66. The van der Waals surface area contributed by atoms with E-state index in [1.54, 1.807) is 19.1 Å². The highest BCUT2D eigenvalue weighted by molar-refractivity contribution is 8.03. The van der Waals surface area contributed by atoms with Gasteiger partial charge in [0.15, 0.2) is 0 Å². The Morgan fingerprint density at radius 2 is 2.27 bits per heavy atom. The Balaban J connectivity index is 3.08. The van der Waals surface area contributed by atoms with Crippen LogP contribution in [0.4, 0.5) is 4.39 Å². The van der Waals surface area contributed by atoms with Gasteiger partial charge in [0.1, 0.15) is 11.2 Å². The average molecular weight is 167 g/mol. The van der Waals surface area contributed by atoms with Crippen molar-refractivity contribution in [3.8, 4) is 5.40 Å². The quantitative estimate of drug-likeness (QED) is 0.474. The van der Waals surface area contributed by atoms with Crippen LogP contribution in [-0.2, 0) is 0 Å². The number of nitrogens with zero attached hydrogens (tertiary/aromatic N) is 1. The Bertz CT molecular complexity index is 303. The molecule has 0 aromatic heterocycles. The van der Waals surface area contributed by atoms with E-state index < -0.39 is 0 Å². The van der Waals surface area contributed by atoms with Crippen molar-refractivity contribution in [3.05, 3.63) is 29.6 Å². The number of nitriles is 1. The van der Waals surface area contributed by atoms with Crippen molar-refractivity contribution in [1.29, 1.82) is 5.26 Å². The molecule has 0 fully saturated rings. The fourth-order valence-corrected chi connectivity index (χ4v) is 1.24. The van der Waals surface area contributed by atoms with E-state index in [9.17, 15) is 4.39 Å². The minimum atomic E-state index is -0.259. The molecule has 0 unspecified atom stereocenters. The van der Waals surface area contributed by atoms with Crippen LogP contribution in [-0.4, -0.2) is 0 Å². The van der Waals surface area contributed by atoms with Crippen molar-refractivity contribution in [2.75, 3.05) is 0 Å². The second kappa shape index (κ2) is 3.40. The summed E-state index contributed by atoms with van der Waals surface area (Å²) in [5.74, 6) is -0.259. The van der Waals surface area contributed by atoms with Crippen LogP contribution < -0.4 is 0 Å². The van der Waals surface area contributed by atoms with E-state index >= 15 is 0 Å². The number of halogens is 1. The van der Waals surface area contributed by atoms with Gasteiger partial charge < -0.3 is 0 Å². The lowest BCUT2D eigenvalue weighted by molar-refractivity contribution is 0.613. The maximum Gasteiger partial charge on any atom is 0.138 e. The Labute approximate surface area is 68.8 Å². The van der Waals surface area contributed by atoms with Crippen molar-refractivity contribution in [2.24, 2.45) is 0 Å². The predicted molar refractivity (Wildman–Crippen MR) is 42.6 cm³/mol. The summed E-state index contributed by atoms with van der Waals surface area (Å²) in [6, 6.07) is 4.71. The molecule has 0 aliphatic heterocycles. The van der Waals surface area contributed by atoms with Gasteiger partial charge in [-0.25, -0.2) is 4.39 Å². The Morgan fingerprint density at radius 3 is 2.91 bits per heavy atom. The zero-order valence-electron chi connectivity index (χ0n) is 5.97. The second-order valence-corrected chi connectivity index (χ2v) is 2.88. The first kappa shape index (κ1) is 8.09. The fraction of sp³-hybridized carbons (Fsp3) is 0.125. The molecule has 11 heavy (non-hydrogen) atoms. The number of thioether (sulfide) groups is 1. The Morgan fingerprint density at radius 1 is 1.55 bits per heavy atom. The fourth-order valence-electron chi connectivity index (χ4n) is 0.747. The van der Waals surface area contributed by atoms with Crippen LogP contribution >= 0.6 is 11.8 Å². The molecular weight excluding hydrogens is 161 g/mol. The van der Waals surface area contributed by atoms with Crippen LogP contribution in [0.1, 0.15) is 5.56 Å². The number of benzene rings is 1. The first-order valence-corrected chi connectivity index (χ1v) is 3.88. The second-order valence-electron chi connectivity index (χ2n) is 2.06. The van der Waals surface area contributed by atoms with Gasteiger partial charge in [-0.05, 0) is 36.4 Å². The van der Waals surface area contributed by atoms with E-state index in [4.69, 9.17) is 5.26 Å². The largest absolute Gasteiger partial charge is 0.207 e. The highest BCUT2D eigenvalue weighted by Gasteiger charge is 2.01. The molecule has 0 saturated heterocycles. The molecule has 0 aliphatic rings. The molecule has 56 valence electrons. The SMILES string of the molecule is Cc1c(F)cccc1SC#N. The molecule has 1 nitrogen and oxygen atoms in total. The third-order valence-corrected chi connectivity index (χ3v) is 2.13. The smallest absolute Gasteiger partial charge is 0.138 e. The van der Waals surface area contributed by atoms with Gasteiger partial charge >= 0.3 is 0 Å². The van der Waals surface area contributed by atoms with Gasteiger partial charge in [0, 0.05) is 4.90 Å². The van der Waals surface area contributed by atoms with Crippen LogP contribution in [0, 0.1) is 23.4 Å². The van der Waals surface area contributed by atoms with Crippen molar-refractivity contribution in [1.82, 2.24) is 0 Å². The first-order valence-electron chi connectivity index (χ1n) is 3.06. The van der Waals surface area contributed by atoms with Crippen molar-refractivity contribution in [3.63, 3.8) is 0 Å². The zero-order valence-corrected chi connectivity index (χ0v) is 6.78. The highest BCUT2D eigenvalue weighted by Crippen LogP contribution is 2.22. The molecule has 3 heteroatoms. The molecule has 0 N–H and O–H groups in total. The lowest BCUT2D eigenvalue weighted by Crippen LogP contribution is -1.83. The van der Waals surface area contributed by atoms with Crippen molar-refractivity contribution >= 4 is 11.8 Å². The van der Waals surface area contributed by atoms with E-state index in [1.165, 1.54) is 6.07 Å². The highest BCUT2D eigenvalue weighted by atomic mass is 32.2. The number of rotatable bonds is 1. The molecule has 0 spiro atoms. The van der Waals surface area contributed by atoms with Crippen LogP contribution in [0.3, 0.4) is 0 Å². The van der Waals surface area contributed by atoms with E-state index in [-0.39, 0.29) is 5.82 Å². The first-order chi connectivity index (χ1) is 5.25. The Kier molecular flexibility index (Phi) is 2.50. The summed E-state index contributed by atoms with van der Waals surface area (Å²) in [7, 11) is 0. The maximum absolute atomic E-state index is 12.8. The molecule has 1 aromatic carbocycles. The summed E-state index contributed by atoms with van der Waals surface area (Å²) >= 11 is 0.982. The predicted octanol–water partition coefficient (Wildman–Crippen LogP) is 2.71. The summed E-state index contributed by atoms with van der Waals surface area (Å²) < 4.78 is 12.8. The Hall–Kier alpha value is -1.01. The molecule has 0 atom stereocenters. The molecule has 0 radical (unpaired) electrons. The summed E-state index contributed by atoms with van der Waals surface area (Å²) in [6.07, 6.45) is 0. The molecule has 1 aromatic rings. The van der Waals surface area contributed by atoms with Gasteiger partial charge in [-0.15, -0.1) is 0 Å². The van der Waals surface area contributed by atoms with E-state index in [1.807, 2.05) is 5.40 Å². The van der Waals surface area contributed by atoms with Crippen LogP contribution in [0.2, 0.25) is 0 Å². The van der Waals surface area contributed by atoms with Crippen LogP contribution in [0.25, 0.3) is 0 Å². The minimum Gasteiger partial charge on any atom is -0.207 e. The number of hydrogen-bond acceptors (Lipinski definition) is 2. The minimum absolute atomic E-state index is 0.259. The molecule has 1 rings (SSSR count). The van der Waals surface area contributed by atoms with Crippen LogP contribution in [0.15, 0.2) is 23.1 Å². The van der Waals surface area contributed by atoms with E-state index in [0.29, 0.717) is 10.5 Å². The van der Waals surface area contributed by atoms with Gasteiger partial charge in [-0.2, -0.15) is 5.26 Å². The van der Waals surface area contributed by atoms with Crippen molar-refractivity contribution in [2.45, 2.75) is 11.8 Å². The molecular formula is C8H6FNS. The topological polar surface area (TPSA) is 23.8 Å². The molecule has 0 bridgehead atoms. The zero-order chi connectivity index (χ0) is 8.27. The third-order valence-electron chi connectivity index (χ3n) is 1.37. The van der Waals surface area contributed by atoms with Gasteiger partial charge in [0.25, 0.3) is 0 Å². The number of thiocyanates is 1. The summed E-state index contributed by atoms with van der Waals surface area (Å²) in [5.41, 5.74) is 0.541. The molecule has 0 heterocycles. The third kappa shape index (κ3) is 1.72. The van der Waals surface area contributed by atoms with E-state index in [2.05, 4.69) is 0 Å². The molecule has 0 amide bonds.